The molecule has 1 amide bonds. The first-order valence-corrected chi connectivity index (χ1v) is 11.1. The van der Waals surface area contributed by atoms with E-state index in [2.05, 4.69) is 10.3 Å². The number of rotatable bonds is 5. The van der Waals surface area contributed by atoms with Crippen LogP contribution in [0, 0.1) is 19.7 Å². The lowest BCUT2D eigenvalue weighted by Gasteiger charge is -2.14. The predicted octanol–water partition coefficient (Wildman–Crippen LogP) is 5.92. The van der Waals surface area contributed by atoms with Crippen LogP contribution >= 0.6 is 11.6 Å². The molecular formula is C26H25ClFN3O2. The third kappa shape index (κ3) is 4.31. The van der Waals surface area contributed by atoms with Crippen molar-refractivity contribution < 1.29 is 9.18 Å². The first-order chi connectivity index (χ1) is 15.7. The van der Waals surface area contributed by atoms with Crippen LogP contribution in [0.25, 0.3) is 22.0 Å². The summed E-state index contributed by atoms with van der Waals surface area (Å²) in [6, 6.07) is 11.9. The minimum atomic E-state index is -0.388. The molecule has 0 saturated carbocycles. The number of fused-ring (bicyclic) bond motifs is 1. The largest absolute Gasteiger partial charge is 0.348 e. The molecule has 4 aromatic rings. The number of amides is 1. The Morgan fingerprint density at radius 2 is 1.91 bits per heavy atom. The van der Waals surface area contributed by atoms with Gasteiger partial charge in [0, 0.05) is 41.0 Å². The molecule has 2 heterocycles. The van der Waals surface area contributed by atoms with Crippen molar-refractivity contribution in [2.45, 2.75) is 40.3 Å². The highest BCUT2D eigenvalue weighted by Gasteiger charge is 2.21. The number of pyridine rings is 1. The zero-order valence-electron chi connectivity index (χ0n) is 18.9. The fraction of sp³-hybridized carbons (Fsp3) is 0.231. The number of carbonyl (C=O) groups is 1. The third-order valence-electron chi connectivity index (χ3n) is 5.79. The van der Waals surface area contributed by atoms with E-state index in [9.17, 15) is 14.0 Å². The van der Waals surface area contributed by atoms with Gasteiger partial charge in [-0.2, -0.15) is 0 Å². The van der Waals surface area contributed by atoms with Crippen LogP contribution in [-0.4, -0.2) is 15.5 Å². The summed E-state index contributed by atoms with van der Waals surface area (Å²) in [6.45, 7) is 7.73. The number of halogens is 2. The van der Waals surface area contributed by atoms with Gasteiger partial charge in [0.15, 0.2) is 0 Å². The highest BCUT2D eigenvalue weighted by molar-refractivity contribution is 6.37. The van der Waals surface area contributed by atoms with Crippen LogP contribution < -0.4 is 10.9 Å². The Labute approximate surface area is 196 Å². The zero-order valence-corrected chi connectivity index (χ0v) is 19.7. The minimum absolute atomic E-state index is 0.0637. The van der Waals surface area contributed by atoms with Crippen LogP contribution in [0.1, 0.15) is 47.1 Å². The van der Waals surface area contributed by atoms with Crippen LogP contribution in [0.5, 0.6) is 0 Å². The monoisotopic (exact) mass is 465 g/mol. The van der Waals surface area contributed by atoms with Crippen molar-refractivity contribution in [3.8, 4) is 11.1 Å². The molecule has 0 fully saturated rings. The molecule has 0 saturated heterocycles. The van der Waals surface area contributed by atoms with Gasteiger partial charge < -0.3 is 14.9 Å². The molecular weight excluding hydrogens is 441 g/mol. The number of H-pyrrole nitrogens is 1. The Kier molecular flexibility index (Phi) is 6.13. The Balaban J connectivity index is 1.83. The number of nitrogens with one attached hydrogen (secondary N) is 2. The van der Waals surface area contributed by atoms with Gasteiger partial charge in [0.1, 0.15) is 5.82 Å². The van der Waals surface area contributed by atoms with Gasteiger partial charge in [-0.05, 0) is 63.1 Å². The fourth-order valence-corrected chi connectivity index (χ4v) is 4.46. The second-order valence-corrected chi connectivity index (χ2v) is 8.91. The van der Waals surface area contributed by atoms with Gasteiger partial charge in [0.05, 0.1) is 16.1 Å². The van der Waals surface area contributed by atoms with Crippen molar-refractivity contribution in [1.82, 2.24) is 14.9 Å². The predicted molar refractivity (Wildman–Crippen MR) is 130 cm³/mol. The van der Waals surface area contributed by atoms with E-state index >= 15 is 0 Å². The second-order valence-electron chi connectivity index (χ2n) is 8.50. The van der Waals surface area contributed by atoms with Crippen LogP contribution in [0.2, 0.25) is 5.02 Å². The smallest absolute Gasteiger partial charge is 0.253 e. The van der Waals surface area contributed by atoms with Gasteiger partial charge in [-0.1, -0.05) is 29.8 Å². The summed E-state index contributed by atoms with van der Waals surface area (Å²) >= 11 is 6.56. The normalized spacial score (nSPS) is 11.4. The molecule has 0 radical (unpaired) electrons. The van der Waals surface area contributed by atoms with E-state index in [1.54, 1.807) is 30.5 Å². The average molecular weight is 466 g/mol. The van der Waals surface area contributed by atoms with E-state index in [1.165, 1.54) is 6.07 Å². The maximum absolute atomic E-state index is 14.6. The van der Waals surface area contributed by atoms with Crippen molar-refractivity contribution in [2.75, 3.05) is 0 Å². The molecule has 7 heteroatoms. The SMILES string of the molecule is Cc1cc(C)c(CNC(=O)c2cc(-c3ccccc3F)cc3c2c(Cl)cn3C(C)C)c(=O)[nH]1. The second kappa shape index (κ2) is 8.87. The van der Waals surface area contributed by atoms with Gasteiger partial charge in [-0.25, -0.2) is 4.39 Å². The third-order valence-corrected chi connectivity index (χ3v) is 6.08. The first kappa shape index (κ1) is 22.8. The Morgan fingerprint density at radius 1 is 1.18 bits per heavy atom. The summed E-state index contributed by atoms with van der Waals surface area (Å²) in [5.74, 6) is -0.764. The molecule has 2 aromatic heterocycles. The van der Waals surface area contributed by atoms with Gasteiger partial charge in [0.25, 0.3) is 11.5 Å². The molecule has 0 aliphatic rings. The molecule has 0 spiro atoms. The first-order valence-electron chi connectivity index (χ1n) is 10.7. The van der Waals surface area contributed by atoms with Crippen molar-refractivity contribution >= 4 is 28.4 Å². The minimum Gasteiger partial charge on any atom is -0.348 e. The number of carbonyl (C=O) groups excluding carboxylic acids is 1. The number of nitrogens with zero attached hydrogens (tertiary/aromatic N) is 1. The number of hydrogen-bond donors (Lipinski definition) is 2. The van der Waals surface area contributed by atoms with E-state index in [4.69, 9.17) is 11.6 Å². The van der Waals surface area contributed by atoms with Crippen molar-refractivity contribution in [2.24, 2.45) is 0 Å². The highest BCUT2D eigenvalue weighted by atomic mass is 35.5. The fourth-order valence-electron chi connectivity index (χ4n) is 4.16. The van der Waals surface area contributed by atoms with E-state index in [0.29, 0.717) is 32.7 Å². The molecule has 0 aliphatic carbocycles. The van der Waals surface area contributed by atoms with E-state index in [-0.39, 0.29) is 29.9 Å². The van der Waals surface area contributed by atoms with Gasteiger partial charge in [-0.3, -0.25) is 9.59 Å². The van der Waals surface area contributed by atoms with E-state index < -0.39 is 0 Å². The molecule has 5 nitrogen and oxygen atoms in total. The maximum atomic E-state index is 14.6. The number of aromatic amines is 1. The summed E-state index contributed by atoms with van der Waals surface area (Å²) in [7, 11) is 0. The molecule has 33 heavy (non-hydrogen) atoms. The maximum Gasteiger partial charge on any atom is 0.253 e. The summed E-state index contributed by atoms with van der Waals surface area (Å²) in [6.07, 6.45) is 1.79. The summed E-state index contributed by atoms with van der Waals surface area (Å²) in [4.78, 5) is 28.5. The highest BCUT2D eigenvalue weighted by Crippen LogP contribution is 2.36. The van der Waals surface area contributed by atoms with Crippen LogP contribution in [0.4, 0.5) is 4.39 Å². The molecule has 0 unspecified atom stereocenters. The Morgan fingerprint density at radius 3 is 2.58 bits per heavy atom. The van der Waals surface area contributed by atoms with Gasteiger partial charge >= 0.3 is 0 Å². The van der Waals surface area contributed by atoms with Crippen molar-refractivity contribution in [3.05, 3.63) is 92.2 Å². The van der Waals surface area contributed by atoms with E-state index in [1.807, 2.05) is 44.4 Å². The van der Waals surface area contributed by atoms with Gasteiger partial charge in [0.2, 0.25) is 0 Å². The number of hydrogen-bond acceptors (Lipinski definition) is 2. The quantitative estimate of drug-likeness (QED) is 0.384. The van der Waals surface area contributed by atoms with Crippen LogP contribution in [0.3, 0.4) is 0 Å². The molecule has 170 valence electrons. The summed E-state index contributed by atoms with van der Waals surface area (Å²) < 4.78 is 16.6. The molecule has 0 atom stereocenters. The van der Waals surface area contributed by atoms with Crippen molar-refractivity contribution in [1.29, 1.82) is 0 Å². The molecule has 0 aliphatic heterocycles. The standard InChI is InChI=1S/C26H25ClFN3O2/c1-14(2)31-13-21(27)24-19(10-17(11-23(24)31)18-7-5-6-8-22(18)28)25(32)29-12-20-15(3)9-16(4)30-26(20)33/h5-11,13-14H,12H2,1-4H3,(H,29,32)(H,30,33). The van der Waals surface area contributed by atoms with Crippen molar-refractivity contribution in [3.63, 3.8) is 0 Å². The molecule has 0 bridgehead atoms. The molecule has 4 rings (SSSR count). The molecule has 2 N–H and O–H groups in total. The lowest BCUT2D eigenvalue weighted by atomic mass is 9.99. The zero-order chi connectivity index (χ0) is 23.9. The Hall–Kier alpha value is -3.38. The number of benzene rings is 2. The van der Waals surface area contributed by atoms with Crippen LogP contribution in [-0.2, 0) is 6.54 Å². The lowest BCUT2D eigenvalue weighted by molar-refractivity contribution is 0.0952. The van der Waals surface area contributed by atoms with Crippen LogP contribution in [0.15, 0.2) is 53.5 Å². The number of aryl methyl sites for hydroxylation is 2. The summed E-state index contributed by atoms with van der Waals surface area (Å²) in [5.41, 5.74) is 3.85. The number of aromatic nitrogens is 2. The van der Waals surface area contributed by atoms with Gasteiger partial charge in [-0.15, -0.1) is 0 Å². The molecule has 2 aromatic carbocycles. The summed E-state index contributed by atoms with van der Waals surface area (Å²) in [5, 5.41) is 3.88. The average Bonchev–Trinajstić information content (AvgIpc) is 3.09. The van der Waals surface area contributed by atoms with E-state index in [0.717, 1.165) is 16.8 Å². The topological polar surface area (TPSA) is 66.9 Å². The Bertz CT molecular complexity index is 1440. The lowest BCUT2D eigenvalue weighted by Crippen LogP contribution is -2.28.